The smallest absolute Gasteiger partial charge is 0.159 e. The Balaban J connectivity index is 2.38. The van der Waals surface area contributed by atoms with Crippen molar-refractivity contribution in [2.24, 2.45) is 7.05 Å². The minimum Gasteiger partial charge on any atom is -0.372 e. The van der Waals surface area contributed by atoms with Gasteiger partial charge in [0.15, 0.2) is 11.3 Å². The molecule has 0 aliphatic rings. The molecule has 4 aromatic rings. The van der Waals surface area contributed by atoms with Crippen LogP contribution in [0.2, 0.25) is 0 Å². The molecule has 21 heavy (non-hydrogen) atoms. The second-order valence-corrected chi connectivity index (χ2v) is 5.19. The second kappa shape index (κ2) is 3.91. The Bertz CT molecular complexity index is 1010. The number of fused-ring (bicyclic) bond motifs is 5. The summed E-state index contributed by atoms with van der Waals surface area (Å²) in [6, 6.07) is 1.97. The van der Waals surface area contributed by atoms with Crippen molar-refractivity contribution < 1.29 is 0 Å². The first-order valence-electron chi connectivity index (χ1n) is 6.76. The predicted octanol–water partition coefficient (Wildman–Crippen LogP) is 1.82. The number of aryl methyl sites for hydroxylation is 3. The fraction of sp³-hybridized carbons (Fsp3) is 0.286. The minimum atomic E-state index is 0.801. The number of nitrogens with zero attached hydrogens (tertiary/aromatic N) is 6. The Morgan fingerprint density at radius 2 is 2.00 bits per heavy atom. The lowest BCUT2D eigenvalue weighted by Crippen LogP contribution is -2.01. The van der Waals surface area contributed by atoms with Crippen molar-refractivity contribution in [1.29, 1.82) is 0 Å². The molecular weight excluding hydrogens is 266 g/mol. The summed E-state index contributed by atoms with van der Waals surface area (Å²) in [5.74, 6) is 0.801. The molecule has 0 unspecified atom stereocenters. The van der Waals surface area contributed by atoms with E-state index < -0.39 is 0 Å². The largest absolute Gasteiger partial charge is 0.372 e. The van der Waals surface area contributed by atoms with E-state index in [0.29, 0.717) is 0 Å². The molecule has 0 bridgehead atoms. The molecule has 7 nitrogen and oxygen atoms in total. The zero-order chi connectivity index (χ0) is 14.7. The van der Waals surface area contributed by atoms with E-state index in [1.807, 2.05) is 44.7 Å². The van der Waals surface area contributed by atoms with E-state index in [9.17, 15) is 0 Å². The van der Waals surface area contributed by atoms with E-state index >= 15 is 0 Å². The predicted molar refractivity (Wildman–Crippen MR) is 81.6 cm³/mol. The van der Waals surface area contributed by atoms with Crippen molar-refractivity contribution in [3.05, 3.63) is 23.7 Å². The van der Waals surface area contributed by atoms with Crippen LogP contribution < -0.4 is 5.32 Å². The number of aromatic nitrogens is 6. The SMILES string of the molecule is CNc1nc2cc(C)nn2c2c1cnc1c2c(C)nn1C. The molecule has 0 atom stereocenters. The van der Waals surface area contributed by atoms with Gasteiger partial charge in [-0.15, -0.1) is 0 Å². The first-order valence-corrected chi connectivity index (χ1v) is 6.76. The van der Waals surface area contributed by atoms with Gasteiger partial charge in [-0.1, -0.05) is 0 Å². The van der Waals surface area contributed by atoms with Crippen molar-refractivity contribution in [3.8, 4) is 0 Å². The Hall–Kier alpha value is -2.70. The molecule has 0 saturated heterocycles. The van der Waals surface area contributed by atoms with Gasteiger partial charge in [0.05, 0.1) is 27.7 Å². The van der Waals surface area contributed by atoms with Gasteiger partial charge in [0.25, 0.3) is 0 Å². The molecule has 106 valence electrons. The van der Waals surface area contributed by atoms with E-state index in [1.54, 1.807) is 4.68 Å². The fourth-order valence-electron chi connectivity index (χ4n) is 2.88. The lowest BCUT2D eigenvalue weighted by Gasteiger charge is -2.08. The van der Waals surface area contributed by atoms with E-state index in [4.69, 9.17) is 0 Å². The number of hydrogen-bond acceptors (Lipinski definition) is 5. The van der Waals surface area contributed by atoms with Gasteiger partial charge in [-0.2, -0.15) is 10.2 Å². The van der Waals surface area contributed by atoms with Crippen LogP contribution in [0.4, 0.5) is 5.82 Å². The summed E-state index contributed by atoms with van der Waals surface area (Å²) in [7, 11) is 3.77. The normalized spacial score (nSPS) is 11.8. The zero-order valence-electron chi connectivity index (χ0n) is 12.3. The molecule has 0 radical (unpaired) electrons. The van der Waals surface area contributed by atoms with E-state index in [1.165, 1.54) is 0 Å². The summed E-state index contributed by atoms with van der Waals surface area (Å²) in [5, 5.41) is 14.2. The molecule has 4 aromatic heterocycles. The highest BCUT2D eigenvalue weighted by Crippen LogP contribution is 2.30. The van der Waals surface area contributed by atoms with Gasteiger partial charge < -0.3 is 5.32 Å². The van der Waals surface area contributed by atoms with Crippen LogP contribution in [-0.4, -0.2) is 36.4 Å². The van der Waals surface area contributed by atoms with Crippen LogP contribution in [0.3, 0.4) is 0 Å². The average Bonchev–Trinajstić information content (AvgIpc) is 2.97. The summed E-state index contributed by atoms with van der Waals surface area (Å²) in [6.45, 7) is 3.96. The van der Waals surface area contributed by atoms with Crippen LogP contribution in [-0.2, 0) is 7.05 Å². The highest BCUT2D eigenvalue weighted by atomic mass is 15.3. The first kappa shape index (κ1) is 12.1. The Morgan fingerprint density at radius 3 is 2.76 bits per heavy atom. The van der Waals surface area contributed by atoms with Crippen molar-refractivity contribution in [2.45, 2.75) is 13.8 Å². The lowest BCUT2D eigenvalue weighted by atomic mass is 10.2. The number of nitrogens with one attached hydrogen (secondary N) is 1. The van der Waals surface area contributed by atoms with Crippen LogP contribution in [0.15, 0.2) is 12.3 Å². The third-order valence-electron chi connectivity index (χ3n) is 3.74. The van der Waals surface area contributed by atoms with Gasteiger partial charge in [-0.05, 0) is 13.8 Å². The summed E-state index contributed by atoms with van der Waals surface area (Å²) >= 11 is 0. The fourth-order valence-corrected chi connectivity index (χ4v) is 2.88. The summed E-state index contributed by atoms with van der Waals surface area (Å²) < 4.78 is 3.68. The second-order valence-electron chi connectivity index (χ2n) is 5.19. The maximum absolute atomic E-state index is 4.61. The molecule has 0 aliphatic heterocycles. The van der Waals surface area contributed by atoms with Gasteiger partial charge in [-0.3, -0.25) is 4.68 Å². The molecule has 0 amide bonds. The van der Waals surface area contributed by atoms with Crippen molar-refractivity contribution in [1.82, 2.24) is 29.4 Å². The summed E-state index contributed by atoms with van der Waals surface area (Å²) in [4.78, 5) is 9.14. The lowest BCUT2D eigenvalue weighted by molar-refractivity contribution is 0.774. The van der Waals surface area contributed by atoms with Crippen LogP contribution in [0.25, 0.3) is 27.6 Å². The Labute approximate surface area is 120 Å². The third kappa shape index (κ3) is 1.48. The zero-order valence-corrected chi connectivity index (χ0v) is 12.3. The molecule has 0 spiro atoms. The van der Waals surface area contributed by atoms with Gasteiger partial charge in [0.1, 0.15) is 5.82 Å². The van der Waals surface area contributed by atoms with E-state index in [2.05, 4.69) is 25.5 Å². The number of hydrogen-bond donors (Lipinski definition) is 1. The van der Waals surface area contributed by atoms with Gasteiger partial charge in [-0.25, -0.2) is 14.5 Å². The highest BCUT2D eigenvalue weighted by Gasteiger charge is 2.17. The first-order chi connectivity index (χ1) is 10.1. The Morgan fingerprint density at radius 1 is 1.19 bits per heavy atom. The van der Waals surface area contributed by atoms with Crippen molar-refractivity contribution in [3.63, 3.8) is 0 Å². The van der Waals surface area contributed by atoms with E-state index in [-0.39, 0.29) is 0 Å². The van der Waals surface area contributed by atoms with Crippen LogP contribution >= 0.6 is 0 Å². The van der Waals surface area contributed by atoms with Gasteiger partial charge in [0.2, 0.25) is 0 Å². The molecular formula is C14H15N7. The third-order valence-corrected chi connectivity index (χ3v) is 3.74. The highest BCUT2D eigenvalue weighted by molar-refractivity contribution is 6.07. The molecule has 0 saturated carbocycles. The number of rotatable bonds is 1. The maximum atomic E-state index is 4.61. The van der Waals surface area contributed by atoms with Crippen LogP contribution in [0, 0.1) is 13.8 Å². The van der Waals surface area contributed by atoms with Crippen molar-refractivity contribution in [2.75, 3.05) is 12.4 Å². The standard InChI is InChI=1S/C14H15N7/c1-7-5-10-17-13(15-3)9-6-16-14-11(8(2)19-20(14)4)12(9)21(10)18-7/h5-6H,1-4H3,(H,15,17). The van der Waals surface area contributed by atoms with E-state index in [0.717, 1.165) is 44.8 Å². The molecule has 1 N–H and O–H groups in total. The average molecular weight is 281 g/mol. The van der Waals surface area contributed by atoms with Crippen molar-refractivity contribution >= 4 is 33.4 Å². The molecule has 0 fully saturated rings. The number of anilines is 1. The number of pyridine rings is 1. The molecule has 4 rings (SSSR count). The summed E-state index contributed by atoms with van der Waals surface area (Å²) in [6.07, 6.45) is 1.83. The molecule has 0 aromatic carbocycles. The molecule has 7 heteroatoms. The minimum absolute atomic E-state index is 0.801. The molecule has 0 aliphatic carbocycles. The molecule has 4 heterocycles. The quantitative estimate of drug-likeness (QED) is 0.576. The van der Waals surface area contributed by atoms with Crippen LogP contribution in [0.5, 0.6) is 0 Å². The maximum Gasteiger partial charge on any atom is 0.159 e. The summed E-state index contributed by atoms with van der Waals surface area (Å²) in [5.41, 5.74) is 4.53. The Kier molecular flexibility index (Phi) is 2.25. The monoisotopic (exact) mass is 281 g/mol. The topological polar surface area (TPSA) is 72.9 Å². The van der Waals surface area contributed by atoms with Gasteiger partial charge in [0, 0.05) is 26.4 Å². The van der Waals surface area contributed by atoms with Gasteiger partial charge >= 0.3 is 0 Å². The van der Waals surface area contributed by atoms with Crippen LogP contribution in [0.1, 0.15) is 11.4 Å².